The van der Waals surface area contributed by atoms with Crippen LogP contribution in [0.5, 0.6) is 0 Å². The predicted molar refractivity (Wildman–Crippen MR) is 261 cm³/mol. The summed E-state index contributed by atoms with van der Waals surface area (Å²) in [5.74, 6) is -0.338. The van der Waals surface area contributed by atoms with Crippen molar-refractivity contribution >= 4 is 13.8 Å². The molecule has 0 saturated carbocycles. The topological polar surface area (TPSA) is 117 Å². The van der Waals surface area contributed by atoms with Gasteiger partial charge in [0.15, 0.2) is 0 Å². The second-order valence-electron chi connectivity index (χ2n) is 16.3. The first-order chi connectivity index (χ1) is 29.9. The van der Waals surface area contributed by atoms with Gasteiger partial charge in [-0.25, -0.2) is 4.57 Å². The highest BCUT2D eigenvalue weighted by molar-refractivity contribution is 7.47. The van der Waals surface area contributed by atoms with E-state index < -0.39 is 13.9 Å². The molecule has 0 heterocycles. The van der Waals surface area contributed by atoms with Gasteiger partial charge in [0, 0.05) is 19.6 Å². The third-order valence-corrected chi connectivity index (χ3v) is 11.3. The van der Waals surface area contributed by atoms with Crippen LogP contribution in [0.4, 0.5) is 0 Å². The van der Waals surface area contributed by atoms with Gasteiger partial charge in [-0.1, -0.05) is 196 Å². The zero-order valence-electron chi connectivity index (χ0n) is 39.4. The number of carbonyl (C=O) groups is 1. The molecule has 0 radical (unpaired) electrons. The molecule has 2 unspecified atom stereocenters. The van der Waals surface area contributed by atoms with Gasteiger partial charge in [-0.05, 0) is 83.5 Å². The minimum Gasteiger partial charge on any atom is -0.457 e. The van der Waals surface area contributed by atoms with Crippen molar-refractivity contribution in [1.82, 2.24) is 0 Å². The molecule has 9 heteroatoms. The zero-order chi connectivity index (χ0) is 44.4. The van der Waals surface area contributed by atoms with Crippen LogP contribution < -0.4 is 5.73 Å². The predicted octanol–water partition coefficient (Wildman–Crippen LogP) is 15.5. The van der Waals surface area contributed by atoms with Gasteiger partial charge in [0.1, 0.15) is 6.10 Å². The van der Waals surface area contributed by atoms with E-state index in [-0.39, 0.29) is 32.3 Å². The third kappa shape index (κ3) is 48.8. The Morgan fingerprint density at radius 3 is 1.38 bits per heavy atom. The minimum atomic E-state index is -4.29. The summed E-state index contributed by atoms with van der Waals surface area (Å²) in [5.41, 5.74) is 5.39. The van der Waals surface area contributed by atoms with Crippen LogP contribution in [0.3, 0.4) is 0 Å². The number of hydrogen-bond acceptors (Lipinski definition) is 7. The molecule has 0 amide bonds. The largest absolute Gasteiger partial charge is 0.472 e. The number of phosphoric ester groups is 1. The van der Waals surface area contributed by atoms with E-state index in [2.05, 4.69) is 86.8 Å². The molecule has 0 aromatic carbocycles. The van der Waals surface area contributed by atoms with Gasteiger partial charge in [-0.2, -0.15) is 0 Å². The van der Waals surface area contributed by atoms with Gasteiger partial charge in [0.2, 0.25) is 0 Å². The van der Waals surface area contributed by atoms with Gasteiger partial charge in [0.25, 0.3) is 0 Å². The Bertz CT molecular complexity index is 1160. The van der Waals surface area contributed by atoms with Gasteiger partial charge in [-0.15, -0.1) is 0 Å². The molecule has 0 aliphatic carbocycles. The van der Waals surface area contributed by atoms with Gasteiger partial charge in [0.05, 0.1) is 19.8 Å². The Labute approximate surface area is 376 Å². The summed E-state index contributed by atoms with van der Waals surface area (Å²) in [4.78, 5) is 22.6. The van der Waals surface area contributed by atoms with E-state index in [0.717, 1.165) is 64.2 Å². The minimum absolute atomic E-state index is 0.0956. The van der Waals surface area contributed by atoms with E-state index >= 15 is 0 Å². The highest BCUT2D eigenvalue weighted by atomic mass is 31.2. The quantitative estimate of drug-likeness (QED) is 0.0269. The number of ether oxygens (including phenoxy) is 2. The molecule has 0 saturated heterocycles. The molecule has 0 rings (SSSR count). The zero-order valence-corrected chi connectivity index (χ0v) is 40.3. The van der Waals surface area contributed by atoms with Crippen LogP contribution in [0.1, 0.15) is 213 Å². The third-order valence-electron chi connectivity index (χ3n) is 10.4. The average Bonchev–Trinajstić information content (AvgIpc) is 3.25. The summed E-state index contributed by atoms with van der Waals surface area (Å²) < 4.78 is 33.6. The monoisotopic (exact) mass is 876 g/mol. The van der Waals surface area contributed by atoms with Crippen molar-refractivity contribution < 1.29 is 32.8 Å². The van der Waals surface area contributed by atoms with Crippen LogP contribution >= 0.6 is 7.82 Å². The fourth-order valence-corrected chi connectivity index (χ4v) is 7.49. The highest BCUT2D eigenvalue weighted by Gasteiger charge is 2.25. The molecule has 8 nitrogen and oxygen atoms in total. The molecule has 0 aliphatic rings. The molecule has 0 aliphatic heterocycles. The van der Waals surface area contributed by atoms with E-state index in [9.17, 15) is 14.3 Å². The van der Waals surface area contributed by atoms with Gasteiger partial charge >= 0.3 is 13.8 Å². The van der Waals surface area contributed by atoms with Crippen molar-refractivity contribution in [3.05, 3.63) is 72.9 Å². The van der Waals surface area contributed by atoms with E-state index in [1.165, 1.54) is 128 Å². The van der Waals surface area contributed by atoms with Crippen molar-refractivity contribution in [3.8, 4) is 0 Å². The second-order valence-corrected chi connectivity index (χ2v) is 17.7. The number of nitrogens with two attached hydrogens (primary N) is 1. The fourth-order valence-electron chi connectivity index (χ4n) is 6.72. The van der Waals surface area contributed by atoms with E-state index in [1.807, 2.05) is 0 Å². The maximum Gasteiger partial charge on any atom is 0.472 e. The molecule has 354 valence electrons. The van der Waals surface area contributed by atoms with Crippen molar-refractivity contribution in [3.63, 3.8) is 0 Å². The number of rotatable bonds is 47. The Morgan fingerprint density at radius 2 is 0.918 bits per heavy atom. The number of hydrogen-bond donors (Lipinski definition) is 2. The lowest BCUT2D eigenvalue weighted by molar-refractivity contribution is -0.154. The van der Waals surface area contributed by atoms with Crippen LogP contribution in [0.15, 0.2) is 72.9 Å². The Morgan fingerprint density at radius 1 is 0.508 bits per heavy atom. The first-order valence-electron chi connectivity index (χ1n) is 24.9. The van der Waals surface area contributed by atoms with Crippen LogP contribution in [0.2, 0.25) is 0 Å². The van der Waals surface area contributed by atoms with Crippen LogP contribution in [0.25, 0.3) is 0 Å². The lowest BCUT2D eigenvalue weighted by Crippen LogP contribution is -2.28. The summed E-state index contributed by atoms with van der Waals surface area (Å²) in [6, 6.07) is 0. The van der Waals surface area contributed by atoms with Gasteiger partial charge < -0.3 is 20.1 Å². The first kappa shape index (κ1) is 58.9. The normalized spacial score (nSPS) is 14.0. The molecule has 0 fully saturated rings. The smallest absolute Gasteiger partial charge is 0.457 e. The molecule has 0 aromatic heterocycles. The van der Waals surface area contributed by atoms with Gasteiger partial charge in [-0.3, -0.25) is 13.8 Å². The van der Waals surface area contributed by atoms with Crippen molar-refractivity contribution in [2.75, 3.05) is 33.0 Å². The molecular formula is C52H94NO7P. The summed E-state index contributed by atoms with van der Waals surface area (Å²) >= 11 is 0. The Kier molecular flexibility index (Phi) is 47.3. The van der Waals surface area contributed by atoms with Crippen LogP contribution in [0, 0.1) is 0 Å². The fraction of sp³-hybridized carbons (Fsp3) is 0.750. The van der Waals surface area contributed by atoms with E-state index in [1.54, 1.807) is 0 Å². The average molecular weight is 876 g/mol. The summed E-state index contributed by atoms with van der Waals surface area (Å²) in [5, 5.41) is 0. The standard InChI is InChI=1S/C52H94NO7P/c1-3-5-7-9-11-13-15-17-19-21-23-24-25-26-27-29-31-33-35-37-39-41-43-45-52(54)60-51(50-59-61(55,56)58-48-46-53)49-57-47-44-42-40-38-36-34-32-30-28-22-20-18-16-14-12-10-8-6-4-2/h5,7,11,13-14,16-17,19-20,22-24,51H,3-4,6,8-10,12,15,18,21,25-50,53H2,1-2H3,(H,55,56)/b7-5-,13-11-,16-14-,19-17-,22-20-,24-23-. The SMILES string of the molecule is CC/C=C\C/C=C\C/C=C\C/C=C\CCCCCCCCCCCCC(=O)OC(COCCCCCCCCCC/C=C\C/C=C\CCCCCC)COP(=O)(O)OCCN. The first-order valence-corrected chi connectivity index (χ1v) is 26.4. The van der Waals surface area contributed by atoms with Crippen LogP contribution in [-0.4, -0.2) is 49.9 Å². The molecule has 61 heavy (non-hydrogen) atoms. The molecule has 0 bridgehead atoms. The maximum atomic E-state index is 12.7. The number of esters is 1. The Hall–Kier alpha value is -2.06. The lowest BCUT2D eigenvalue weighted by atomic mass is 10.0. The second kappa shape index (κ2) is 49.0. The maximum absolute atomic E-state index is 12.7. The van der Waals surface area contributed by atoms with E-state index in [0.29, 0.717) is 13.0 Å². The van der Waals surface area contributed by atoms with E-state index in [4.69, 9.17) is 24.3 Å². The number of allylic oxidation sites excluding steroid dienone is 12. The number of unbranched alkanes of at least 4 members (excludes halogenated alkanes) is 22. The van der Waals surface area contributed by atoms with Crippen molar-refractivity contribution in [2.24, 2.45) is 5.73 Å². The summed E-state index contributed by atoms with van der Waals surface area (Å²) in [7, 11) is -4.29. The van der Waals surface area contributed by atoms with Crippen molar-refractivity contribution in [1.29, 1.82) is 0 Å². The molecule has 0 spiro atoms. The van der Waals surface area contributed by atoms with Crippen LogP contribution in [-0.2, 0) is 27.9 Å². The summed E-state index contributed by atoms with van der Waals surface area (Å²) in [6.45, 7) is 4.78. The highest BCUT2D eigenvalue weighted by Crippen LogP contribution is 2.43. The van der Waals surface area contributed by atoms with Crippen molar-refractivity contribution in [2.45, 2.75) is 219 Å². The molecule has 3 N–H and O–H groups in total. The molecular weight excluding hydrogens is 782 g/mol. The summed E-state index contributed by atoms with van der Waals surface area (Å²) in [6.07, 6.45) is 62.1. The number of phosphoric acid groups is 1. The molecule has 2 atom stereocenters. The number of carbonyl (C=O) groups excluding carboxylic acids is 1. The lowest BCUT2D eigenvalue weighted by Gasteiger charge is -2.20. The molecule has 0 aromatic rings. The Balaban J connectivity index is 3.98.